The highest BCUT2D eigenvalue weighted by atomic mass is 16.3. The fraction of sp³-hybridized carbons (Fsp3) is 0.600. The molecular weight excluding hydrogens is 164 g/mol. The van der Waals surface area contributed by atoms with Gasteiger partial charge in [-0.25, -0.2) is 0 Å². The van der Waals surface area contributed by atoms with Crippen LogP contribution in [0.5, 0.6) is 0 Å². The zero-order valence-corrected chi connectivity index (χ0v) is 7.66. The molecule has 1 atom stereocenters. The molecule has 1 aromatic heterocycles. The molecule has 13 heavy (non-hydrogen) atoms. The fourth-order valence-corrected chi connectivity index (χ4v) is 1.65. The van der Waals surface area contributed by atoms with Crippen molar-refractivity contribution in [3.8, 4) is 0 Å². The highest BCUT2D eigenvalue weighted by molar-refractivity contribution is 5.26. The van der Waals surface area contributed by atoms with Crippen molar-refractivity contribution < 1.29 is 5.11 Å². The lowest BCUT2D eigenvalue weighted by atomic mass is 10.0. The summed E-state index contributed by atoms with van der Waals surface area (Å²) in [6, 6.07) is 0. The molecule has 0 aromatic carbocycles. The van der Waals surface area contributed by atoms with Crippen molar-refractivity contribution in [2.75, 3.05) is 6.54 Å². The van der Waals surface area contributed by atoms with E-state index in [1.54, 1.807) is 0 Å². The SMILES string of the molecule is NCC(O)c1c[nH]cc1CC1CC1. The highest BCUT2D eigenvalue weighted by Crippen LogP contribution is 2.34. The number of nitrogens with two attached hydrogens (primary N) is 1. The van der Waals surface area contributed by atoms with E-state index in [0.29, 0.717) is 6.54 Å². The summed E-state index contributed by atoms with van der Waals surface area (Å²) in [5.41, 5.74) is 7.63. The van der Waals surface area contributed by atoms with E-state index in [9.17, 15) is 5.11 Å². The van der Waals surface area contributed by atoms with Crippen molar-refractivity contribution in [3.63, 3.8) is 0 Å². The standard InChI is InChI=1S/C10H16N2O/c11-4-10(13)9-6-12-5-8(9)3-7-1-2-7/h5-7,10,12-13H,1-4,11H2. The Labute approximate surface area is 78.0 Å². The lowest BCUT2D eigenvalue weighted by Crippen LogP contribution is -2.12. The Morgan fingerprint density at radius 2 is 2.31 bits per heavy atom. The number of hydrogen-bond donors (Lipinski definition) is 3. The molecule has 1 aromatic rings. The molecule has 4 N–H and O–H groups in total. The quantitative estimate of drug-likeness (QED) is 0.646. The monoisotopic (exact) mass is 180 g/mol. The Hall–Kier alpha value is -0.800. The van der Waals surface area contributed by atoms with Gasteiger partial charge in [0.1, 0.15) is 0 Å². The van der Waals surface area contributed by atoms with Crippen LogP contribution in [0.4, 0.5) is 0 Å². The summed E-state index contributed by atoms with van der Waals surface area (Å²) in [7, 11) is 0. The van der Waals surface area contributed by atoms with E-state index in [0.717, 1.165) is 17.9 Å². The van der Waals surface area contributed by atoms with Crippen LogP contribution in [0.2, 0.25) is 0 Å². The predicted molar refractivity (Wildman–Crippen MR) is 51.2 cm³/mol. The number of rotatable bonds is 4. The molecule has 0 aliphatic heterocycles. The molecule has 1 aliphatic rings. The van der Waals surface area contributed by atoms with Crippen molar-refractivity contribution in [2.24, 2.45) is 11.7 Å². The van der Waals surface area contributed by atoms with Gasteiger partial charge in [-0.05, 0) is 30.7 Å². The molecule has 0 spiro atoms. The number of aromatic amines is 1. The normalized spacial score (nSPS) is 18.9. The van der Waals surface area contributed by atoms with Gasteiger partial charge in [0.2, 0.25) is 0 Å². The average Bonchev–Trinajstić information content (AvgIpc) is 2.82. The van der Waals surface area contributed by atoms with Gasteiger partial charge in [-0.2, -0.15) is 0 Å². The predicted octanol–water partition coefficient (Wildman–Crippen LogP) is 0.959. The van der Waals surface area contributed by atoms with E-state index in [-0.39, 0.29) is 0 Å². The Bertz CT molecular complexity index is 278. The Morgan fingerprint density at radius 3 is 2.92 bits per heavy atom. The van der Waals surface area contributed by atoms with Gasteiger partial charge in [0.25, 0.3) is 0 Å². The van der Waals surface area contributed by atoms with Crippen LogP contribution in [0.3, 0.4) is 0 Å². The second kappa shape index (κ2) is 3.52. The van der Waals surface area contributed by atoms with Crippen molar-refractivity contribution in [1.82, 2.24) is 4.98 Å². The molecule has 1 saturated carbocycles. The van der Waals surface area contributed by atoms with Gasteiger partial charge in [-0.15, -0.1) is 0 Å². The van der Waals surface area contributed by atoms with Crippen LogP contribution in [0.25, 0.3) is 0 Å². The van der Waals surface area contributed by atoms with E-state index < -0.39 is 6.10 Å². The van der Waals surface area contributed by atoms with Crippen LogP contribution in [-0.2, 0) is 6.42 Å². The van der Waals surface area contributed by atoms with Crippen molar-refractivity contribution in [1.29, 1.82) is 0 Å². The first-order chi connectivity index (χ1) is 6.31. The van der Waals surface area contributed by atoms with Crippen molar-refractivity contribution >= 4 is 0 Å². The topological polar surface area (TPSA) is 62.0 Å². The highest BCUT2D eigenvalue weighted by Gasteiger charge is 2.24. The van der Waals surface area contributed by atoms with Crippen LogP contribution in [0.1, 0.15) is 30.1 Å². The van der Waals surface area contributed by atoms with E-state index >= 15 is 0 Å². The number of aromatic nitrogens is 1. The molecule has 3 heteroatoms. The lowest BCUT2D eigenvalue weighted by Gasteiger charge is -2.08. The molecule has 1 unspecified atom stereocenters. The molecule has 1 fully saturated rings. The molecule has 1 heterocycles. The van der Waals surface area contributed by atoms with Crippen LogP contribution >= 0.6 is 0 Å². The Balaban J connectivity index is 2.09. The van der Waals surface area contributed by atoms with Crippen molar-refractivity contribution in [3.05, 3.63) is 23.5 Å². The zero-order chi connectivity index (χ0) is 9.26. The minimum absolute atomic E-state index is 0.301. The summed E-state index contributed by atoms with van der Waals surface area (Å²) in [5.74, 6) is 0.847. The number of aliphatic hydroxyl groups is 1. The summed E-state index contributed by atoms with van der Waals surface area (Å²) in [4.78, 5) is 3.03. The van der Waals surface area contributed by atoms with E-state index in [4.69, 9.17) is 5.73 Å². The van der Waals surface area contributed by atoms with Gasteiger partial charge >= 0.3 is 0 Å². The molecule has 0 bridgehead atoms. The van der Waals surface area contributed by atoms with Crippen LogP contribution in [0, 0.1) is 5.92 Å². The molecular formula is C10H16N2O. The first kappa shape index (κ1) is 8.78. The average molecular weight is 180 g/mol. The maximum Gasteiger partial charge on any atom is 0.0929 e. The molecule has 3 nitrogen and oxygen atoms in total. The van der Waals surface area contributed by atoms with E-state index in [1.807, 2.05) is 12.4 Å². The summed E-state index contributed by atoms with van der Waals surface area (Å²) in [6.45, 7) is 0.301. The maximum absolute atomic E-state index is 9.59. The van der Waals surface area contributed by atoms with Crippen LogP contribution in [-0.4, -0.2) is 16.6 Å². The second-order valence-electron chi connectivity index (χ2n) is 3.83. The number of aliphatic hydroxyl groups excluding tert-OH is 1. The lowest BCUT2D eigenvalue weighted by molar-refractivity contribution is 0.186. The van der Waals surface area contributed by atoms with E-state index in [1.165, 1.54) is 18.4 Å². The Morgan fingerprint density at radius 1 is 1.54 bits per heavy atom. The van der Waals surface area contributed by atoms with Gasteiger partial charge in [-0.1, -0.05) is 0 Å². The van der Waals surface area contributed by atoms with Gasteiger partial charge in [0.15, 0.2) is 0 Å². The number of hydrogen-bond acceptors (Lipinski definition) is 2. The summed E-state index contributed by atoms with van der Waals surface area (Å²) in [5, 5.41) is 9.59. The first-order valence-corrected chi connectivity index (χ1v) is 4.85. The molecule has 0 radical (unpaired) electrons. The minimum Gasteiger partial charge on any atom is -0.387 e. The molecule has 72 valence electrons. The minimum atomic E-state index is -0.500. The number of H-pyrrole nitrogens is 1. The largest absolute Gasteiger partial charge is 0.387 e. The summed E-state index contributed by atoms with van der Waals surface area (Å²) >= 11 is 0. The third-order valence-corrected chi connectivity index (χ3v) is 2.65. The second-order valence-corrected chi connectivity index (χ2v) is 3.83. The molecule has 1 aliphatic carbocycles. The smallest absolute Gasteiger partial charge is 0.0929 e. The van der Waals surface area contributed by atoms with Crippen molar-refractivity contribution in [2.45, 2.75) is 25.4 Å². The van der Waals surface area contributed by atoms with Gasteiger partial charge in [0.05, 0.1) is 6.10 Å². The van der Waals surface area contributed by atoms with Gasteiger partial charge in [0, 0.05) is 24.5 Å². The maximum atomic E-state index is 9.59. The number of nitrogens with one attached hydrogen (secondary N) is 1. The Kier molecular flexibility index (Phi) is 2.38. The van der Waals surface area contributed by atoms with Gasteiger partial charge in [-0.3, -0.25) is 0 Å². The third kappa shape index (κ3) is 1.92. The molecule has 0 saturated heterocycles. The first-order valence-electron chi connectivity index (χ1n) is 4.85. The van der Waals surface area contributed by atoms with Crippen LogP contribution in [0.15, 0.2) is 12.4 Å². The third-order valence-electron chi connectivity index (χ3n) is 2.65. The molecule has 0 amide bonds. The summed E-state index contributed by atoms with van der Waals surface area (Å²) < 4.78 is 0. The van der Waals surface area contributed by atoms with E-state index in [2.05, 4.69) is 4.98 Å². The molecule has 2 rings (SSSR count). The zero-order valence-electron chi connectivity index (χ0n) is 7.66. The van der Waals surface area contributed by atoms with Gasteiger partial charge < -0.3 is 15.8 Å². The fourth-order valence-electron chi connectivity index (χ4n) is 1.65. The summed E-state index contributed by atoms with van der Waals surface area (Å²) in [6.07, 6.45) is 7.10. The van der Waals surface area contributed by atoms with Crippen LogP contribution < -0.4 is 5.73 Å².